The molecule has 0 aliphatic carbocycles. The lowest BCUT2D eigenvalue weighted by molar-refractivity contribution is 0.0966. The van der Waals surface area contributed by atoms with E-state index in [-0.39, 0.29) is 23.5 Å². The van der Waals surface area contributed by atoms with Crippen LogP contribution in [0.15, 0.2) is 36.4 Å². The van der Waals surface area contributed by atoms with Gasteiger partial charge in [-0.15, -0.1) is 0 Å². The molecule has 0 radical (unpaired) electrons. The second-order valence-electron chi connectivity index (χ2n) is 6.52. The topological polar surface area (TPSA) is 57.7 Å². The van der Waals surface area contributed by atoms with Gasteiger partial charge in [0.05, 0.1) is 23.9 Å². The molecule has 1 amide bonds. The molecule has 1 saturated heterocycles. The summed E-state index contributed by atoms with van der Waals surface area (Å²) >= 11 is 0. The fourth-order valence-electron chi connectivity index (χ4n) is 3.84. The maximum Gasteiger partial charge on any atom is 0.260 e. The summed E-state index contributed by atoms with van der Waals surface area (Å²) in [7, 11) is -2.94. The zero-order chi connectivity index (χ0) is 16.9. The molecule has 6 heteroatoms. The van der Waals surface area contributed by atoms with Crippen molar-refractivity contribution in [3.05, 3.63) is 42.0 Å². The largest absolute Gasteiger partial charge is 0.294 e. The average Bonchev–Trinajstić information content (AvgIpc) is 3.06. The Balaban J connectivity index is 1.66. The third-order valence-electron chi connectivity index (χ3n) is 5.10. The number of benzene rings is 2. The van der Waals surface area contributed by atoms with Gasteiger partial charge in [-0.3, -0.25) is 14.6 Å². The highest BCUT2D eigenvalue weighted by molar-refractivity contribution is 7.91. The molecule has 1 fully saturated rings. The molecular formula is C18H20N2O3S. The number of anilines is 1. The van der Waals surface area contributed by atoms with E-state index in [1.165, 1.54) is 0 Å². The second kappa shape index (κ2) is 5.57. The van der Waals surface area contributed by atoms with Crippen LogP contribution in [0, 0.1) is 0 Å². The van der Waals surface area contributed by atoms with Crippen LogP contribution in [-0.4, -0.2) is 50.0 Å². The summed E-state index contributed by atoms with van der Waals surface area (Å²) in [6, 6.07) is 11.7. The molecule has 2 aromatic carbocycles. The average molecular weight is 344 g/mol. The SMILES string of the molecule is CCN(CN1C(=O)c2cccc3cccc1c23)[C@@H]1CCS(=O)(=O)C1. The smallest absolute Gasteiger partial charge is 0.260 e. The number of sulfone groups is 1. The first-order valence-corrected chi connectivity index (χ1v) is 10.1. The van der Waals surface area contributed by atoms with Crippen LogP contribution in [0.1, 0.15) is 23.7 Å². The monoisotopic (exact) mass is 344 g/mol. The maximum atomic E-state index is 12.9. The normalized spacial score (nSPS) is 22.0. The van der Waals surface area contributed by atoms with E-state index in [9.17, 15) is 13.2 Å². The van der Waals surface area contributed by atoms with E-state index in [1.807, 2.05) is 43.3 Å². The van der Waals surface area contributed by atoms with Gasteiger partial charge >= 0.3 is 0 Å². The van der Waals surface area contributed by atoms with Gasteiger partial charge in [0.2, 0.25) is 0 Å². The molecule has 5 nitrogen and oxygen atoms in total. The summed E-state index contributed by atoms with van der Waals surface area (Å²) in [5, 5.41) is 2.06. The fraction of sp³-hybridized carbons (Fsp3) is 0.389. The van der Waals surface area contributed by atoms with Gasteiger partial charge in [-0.1, -0.05) is 31.2 Å². The zero-order valence-corrected chi connectivity index (χ0v) is 14.4. The quantitative estimate of drug-likeness (QED) is 0.854. The van der Waals surface area contributed by atoms with Crippen LogP contribution in [0.2, 0.25) is 0 Å². The first-order valence-electron chi connectivity index (χ1n) is 8.28. The molecule has 0 aromatic heterocycles. The number of hydrogen-bond donors (Lipinski definition) is 0. The van der Waals surface area contributed by atoms with Crippen molar-refractivity contribution in [1.29, 1.82) is 0 Å². The van der Waals surface area contributed by atoms with Gasteiger partial charge in [-0.25, -0.2) is 8.42 Å². The first-order chi connectivity index (χ1) is 11.5. The van der Waals surface area contributed by atoms with Crippen molar-refractivity contribution in [3.63, 3.8) is 0 Å². The molecule has 0 N–H and O–H groups in total. The van der Waals surface area contributed by atoms with Gasteiger partial charge in [0.1, 0.15) is 0 Å². The van der Waals surface area contributed by atoms with E-state index in [1.54, 1.807) is 4.90 Å². The Labute approximate surface area is 141 Å². The number of hydrogen-bond acceptors (Lipinski definition) is 4. The van der Waals surface area contributed by atoms with Gasteiger partial charge in [0, 0.05) is 17.0 Å². The third kappa shape index (κ3) is 2.41. The molecular weight excluding hydrogens is 324 g/mol. The molecule has 2 aliphatic heterocycles. The third-order valence-corrected chi connectivity index (χ3v) is 6.85. The van der Waals surface area contributed by atoms with E-state index >= 15 is 0 Å². The maximum absolute atomic E-state index is 12.9. The van der Waals surface area contributed by atoms with Crippen molar-refractivity contribution >= 4 is 32.2 Å². The Morgan fingerprint density at radius 2 is 1.96 bits per heavy atom. The first kappa shape index (κ1) is 15.6. The molecule has 1 atom stereocenters. The van der Waals surface area contributed by atoms with Crippen LogP contribution in [0.5, 0.6) is 0 Å². The Bertz CT molecular complexity index is 918. The van der Waals surface area contributed by atoms with Crippen molar-refractivity contribution in [1.82, 2.24) is 4.90 Å². The predicted octanol–water partition coefficient (Wildman–Crippen LogP) is 2.27. The standard InChI is InChI=1S/C18H20N2O3S/c1-2-19(14-9-10-24(22,23)11-14)12-20-16-8-4-6-13-5-3-7-15(17(13)16)18(20)21/h3-8,14H,2,9-12H2,1H3/t14-/m1/s1. The minimum absolute atomic E-state index is 0.00102. The van der Waals surface area contributed by atoms with Crippen molar-refractivity contribution in [2.24, 2.45) is 0 Å². The summed E-state index contributed by atoms with van der Waals surface area (Å²) in [6.07, 6.45) is 0.648. The summed E-state index contributed by atoms with van der Waals surface area (Å²) in [5.41, 5.74) is 1.66. The lowest BCUT2D eigenvalue weighted by atomic mass is 10.1. The molecule has 0 spiro atoms. The molecule has 2 aromatic rings. The van der Waals surface area contributed by atoms with Crippen molar-refractivity contribution < 1.29 is 13.2 Å². The summed E-state index contributed by atoms with van der Waals surface area (Å²) in [4.78, 5) is 16.7. The molecule has 24 heavy (non-hydrogen) atoms. The van der Waals surface area contributed by atoms with Crippen LogP contribution < -0.4 is 4.90 Å². The van der Waals surface area contributed by atoms with Gasteiger partial charge < -0.3 is 0 Å². The second-order valence-corrected chi connectivity index (χ2v) is 8.75. The van der Waals surface area contributed by atoms with Gasteiger partial charge in [0.25, 0.3) is 5.91 Å². The van der Waals surface area contributed by atoms with Crippen LogP contribution in [0.3, 0.4) is 0 Å². The molecule has 2 aliphatic rings. The number of carbonyl (C=O) groups excluding carboxylic acids is 1. The Morgan fingerprint density at radius 1 is 1.21 bits per heavy atom. The van der Waals surface area contributed by atoms with E-state index in [0.29, 0.717) is 13.1 Å². The molecule has 4 rings (SSSR count). The predicted molar refractivity (Wildman–Crippen MR) is 95.1 cm³/mol. The number of nitrogens with zero attached hydrogens (tertiary/aromatic N) is 2. The van der Waals surface area contributed by atoms with Gasteiger partial charge in [0.15, 0.2) is 9.84 Å². The Kier molecular flexibility index (Phi) is 3.62. The number of rotatable bonds is 4. The van der Waals surface area contributed by atoms with Crippen LogP contribution in [-0.2, 0) is 9.84 Å². The Morgan fingerprint density at radius 3 is 2.62 bits per heavy atom. The van der Waals surface area contributed by atoms with E-state index in [2.05, 4.69) is 4.90 Å². The minimum Gasteiger partial charge on any atom is -0.294 e. The summed E-state index contributed by atoms with van der Waals surface area (Å²) in [6.45, 7) is 3.17. The molecule has 0 saturated carbocycles. The minimum atomic E-state index is -2.94. The van der Waals surface area contributed by atoms with Gasteiger partial charge in [-0.2, -0.15) is 0 Å². The number of carbonyl (C=O) groups is 1. The summed E-state index contributed by atoms with van der Waals surface area (Å²) in [5.74, 6) is 0.443. The van der Waals surface area contributed by atoms with Crippen molar-refractivity contribution in [3.8, 4) is 0 Å². The van der Waals surface area contributed by atoms with Crippen LogP contribution in [0.4, 0.5) is 5.69 Å². The van der Waals surface area contributed by atoms with Gasteiger partial charge in [-0.05, 0) is 30.5 Å². The van der Waals surface area contributed by atoms with E-state index in [4.69, 9.17) is 0 Å². The highest BCUT2D eigenvalue weighted by atomic mass is 32.2. The van der Waals surface area contributed by atoms with Crippen molar-refractivity contribution in [2.75, 3.05) is 29.6 Å². The lowest BCUT2D eigenvalue weighted by Gasteiger charge is -2.31. The molecule has 0 unspecified atom stereocenters. The Hall–Kier alpha value is -1.92. The van der Waals surface area contributed by atoms with E-state index in [0.717, 1.165) is 28.6 Å². The lowest BCUT2D eigenvalue weighted by Crippen LogP contribution is -2.45. The zero-order valence-electron chi connectivity index (χ0n) is 13.6. The molecule has 2 heterocycles. The van der Waals surface area contributed by atoms with Crippen LogP contribution in [0.25, 0.3) is 10.8 Å². The van der Waals surface area contributed by atoms with E-state index < -0.39 is 9.84 Å². The summed E-state index contributed by atoms with van der Waals surface area (Å²) < 4.78 is 23.6. The van der Waals surface area contributed by atoms with Crippen molar-refractivity contribution in [2.45, 2.75) is 19.4 Å². The molecule has 0 bridgehead atoms. The fourth-order valence-corrected chi connectivity index (χ4v) is 5.60. The number of amides is 1. The highest BCUT2D eigenvalue weighted by Crippen LogP contribution is 2.37. The highest BCUT2D eigenvalue weighted by Gasteiger charge is 2.35. The molecule has 126 valence electrons. The van der Waals surface area contributed by atoms with Crippen LogP contribution >= 0.6 is 0 Å².